The van der Waals surface area contributed by atoms with Crippen LogP contribution in [0.25, 0.3) is 0 Å². The zero-order chi connectivity index (χ0) is 14.2. The first-order chi connectivity index (χ1) is 8.79. The van der Waals surface area contributed by atoms with Crippen LogP contribution in [0.4, 0.5) is 8.78 Å². The first kappa shape index (κ1) is 14.2. The van der Waals surface area contributed by atoms with Gasteiger partial charge in [-0.3, -0.25) is 0 Å². The molecule has 1 unspecified atom stereocenters. The van der Waals surface area contributed by atoms with Crippen molar-refractivity contribution in [1.29, 1.82) is 0 Å². The summed E-state index contributed by atoms with van der Waals surface area (Å²) in [6.07, 6.45) is -0.920. The normalized spacial score (nSPS) is 13.6. The van der Waals surface area contributed by atoms with E-state index in [1.807, 2.05) is 12.1 Å². The van der Waals surface area contributed by atoms with Gasteiger partial charge in [-0.25, -0.2) is 8.78 Å². The molecule has 1 atom stereocenters. The van der Waals surface area contributed by atoms with E-state index in [0.717, 1.165) is 21.9 Å². The van der Waals surface area contributed by atoms with Gasteiger partial charge in [0.05, 0.1) is 0 Å². The quantitative estimate of drug-likeness (QED) is 0.865. The Hall–Kier alpha value is -1.26. The number of aliphatic hydroxyl groups is 1. The third kappa shape index (κ3) is 3.01. The van der Waals surface area contributed by atoms with Crippen LogP contribution in [0, 0.1) is 11.6 Å². The Balaban J connectivity index is 2.31. The van der Waals surface area contributed by atoms with E-state index >= 15 is 0 Å². The van der Waals surface area contributed by atoms with E-state index in [0.29, 0.717) is 5.56 Å². The van der Waals surface area contributed by atoms with Crippen LogP contribution in [-0.4, -0.2) is 5.11 Å². The highest BCUT2D eigenvalue weighted by Crippen LogP contribution is 2.34. The molecule has 102 valence electrons. The Morgan fingerprint density at radius 3 is 2.26 bits per heavy atom. The lowest BCUT2D eigenvalue weighted by molar-refractivity contribution is 0.223. The summed E-state index contributed by atoms with van der Waals surface area (Å²) in [6, 6.07) is 7.27. The lowest BCUT2D eigenvalue weighted by Gasteiger charge is -2.15. The van der Waals surface area contributed by atoms with Gasteiger partial charge in [0.2, 0.25) is 0 Å². The smallest absolute Gasteiger partial charge is 0.159 e. The predicted octanol–water partition coefficient (Wildman–Crippen LogP) is 4.41. The number of rotatable bonds is 2. The molecule has 0 saturated heterocycles. The summed E-state index contributed by atoms with van der Waals surface area (Å²) in [6.45, 7) is 6.27. The molecule has 0 saturated carbocycles. The highest BCUT2D eigenvalue weighted by atomic mass is 32.1. The fourth-order valence-corrected chi connectivity index (χ4v) is 2.83. The average Bonchev–Trinajstić information content (AvgIpc) is 2.81. The van der Waals surface area contributed by atoms with Crippen molar-refractivity contribution in [2.45, 2.75) is 32.3 Å². The molecule has 0 spiro atoms. The number of halogens is 2. The first-order valence-corrected chi connectivity index (χ1v) is 6.84. The number of hydrogen-bond acceptors (Lipinski definition) is 2. The van der Waals surface area contributed by atoms with Crippen molar-refractivity contribution in [3.8, 4) is 0 Å². The van der Waals surface area contributed by atoms with E-state index in [4.69, 9.17) is 0 Å². The van der Waals surface area contributed by atoms with Crippen LogP contribution in [0.2, 0.25) is 0 Å². The molecule has 0 aliphatic rings. The van der Waals surface area contributed by atoms with E-state index < -0.39 is 17.7 Å². The van der Waals surface area contributed by atoms with Crippen LogP contribution >= 0.6 is 11.3 Å². The van der Waals surface area contributed by atoms with E-state index in [-0.39, 0.29) is 5.41 Å². The number of thiophene rings is 1. The molecule has 4 heteroatoms. The molecule has 1 N–H and O–H groups in total. The Morgan fingerprint density at radius 1 is 1.05 bits per heavy atom. The Bertz CT molecular complexity index is 584. The van der Waals surface area contributed by atoms with Gasteiger partial charge in [0.1, 0.15) is 6.10 Å². The van der Waals surface area contributed by atoms with Crippen LogP contribution < -0.4 is 0 Å². The van der Waals surface area contributed by atoms with Gasteiger partial charge in [-0.1, -0.05) is 26.8 Å². The van der Waals surface area contributed by atoms with Gasteiger partial charge in [-0.05, 0) is 35.2 Å². The van der Waals surface area contributed by atoms with E-state index in [1.54, 1.807) is 0 Å². The summed E-state index contributed by atoms with van der Waals surface area (Å²) >= 11 is 1.49. The third-order valence-electron chi connectivity index (χ3n) is 2.89. The second-order valence-electron chi connectivity index (χ2n) is 5.53. The fraction of sp³-hybridized carbons (Fsp3) is 0.333. The topological polar surface area (TPSA) is 20.2 Å². The monoisotopic (exact) mass is 282 g/mol. The maximum atomic E-state index is 13.2. The standard InChI is InChI=1S/C15H16F2OS/c1-15(2,3)13-7-6-12(19-13)14(18)9-4-5-10(16)11(17)8-9/h4-8,14,18H,1-3H3. The lowest BCUT2D eigenvalue weighted by atomic mass is 9.95. The van der Waals surface area contributed by atoms with Gasteiger partial charge in [0.15, 0.2) is 11.6 Å². The van der Waals surface area contributed by atoms with Gasteiger partial charge in [-0.2, -0.15) is 0 Å². The highest BCUT2D eigenvalue weighted by Gasteiger charge is 2.20. The number of aliphatic hydroxyl groups excluding tert-OH is 1. The van der Waals surface area contributed by atoms with Crippen molar-refractivity contribution in [2.24, 2.45) is 0 Å². The minimum atomic E-state index is -0.941. The Kier molecular flexibility index (Phi) is 3.74. The summed E-state index contributed by atoms with van der Waals surface area (Å²) in [4.78, 5) is 1.88. The average molecular weight is 282 g/mol. The van der Waals surface area contributed by atoms with Crippen LogP contribution in [0.15, 0.2) is 30.3 Å². The summed E-state index contributed by atoms with van der Waals surface area (Å²) in [7, 11) is 0. The van der Waals surface area contributed by atoms with Crippen LogP contribution in [-0.2, 0) is 5.41 Å². The van der Waals surface area contributed by atoms with Crippen molar-refractivity contribution in [3.05, 3.63) is 57.3 Å². The molecule has 1 aromatic carbocycles. The lowest BCUT2D eigenvalue weighted by Crippen LogP contribution is -2.07. The minimum Gasteiger partial charge on any atom is -0.383 e. The van der Waals surface area contributed by atoms with Crippen LogP contribution in [0.1, 0.15) is 42.2 Å². The van der Waals surface area contributed by atoms with Crippen molar-refractivity contribution in [1.82, 2.24) is 0 Å². The number of benzene rings is 1. The second-order valence-corrected chi connectivity index (χ2v) is 6.64. The molecular formula is C15H16F2OS. The van der Waals surface area contributed by atoms with E-state index in [2.05, 4.69) is 20.8 Å². The van der Waals surface area contributed by atoms with Gasteiger partial charge >= 0.3 is 0 Å². The summed E-state index contributed by atoms with van der Waals surface area (Å²) in [5, 5.41) is 10.2. The van der Waals surface area contributed by atoms with Crippen molar-refractivity contribution >= 4 is 11.3 Å². The maximum absolute atomic E-state index is 13.2. The first-order valence-electron chi connectivity index (χ1n) is 6.02. The fourth-order valence-electron chi connectivity index (χ4n) is 1.75. The van der Waals surface area contributed by atoms with Gasteiger partial charge in [0, 0.05) is 9.75 Å². The predicted molar refractivity (Wildman–Crippen MR) is 73.4 cm³/mol. The van der Waals surface area contributed by atoms with Crippen molar-refractivity contribution in [3.63, 3.8) is 0 Å². The van der Waals surface area contributed by atoms with Crippen LogP contribution in [0.5, 0.6) is 0 Å². The van der Waals surface area contributed by atoms with Crippen LogP contribution in [0.3, 0.4) is 0 Å². The maximum Gasteiger partial charge on any atom is 0.159 e. The highest BCUT2D eigenvalue weighted by molar-refractivity contribution is 7.12. The molecule has 0 radical (unpaired) electrons. The molecule has 0 bridgehead atoms. The van der Waals surface area contributed by atoms with Crippen molar-refractivity contribution in [2.75, 3.05) is 0 Å². The molecule has 1 aromatic heterocycles. The molecule has 2 aromatic rings. The molecule has 1 heterocycles. The molecule has 0 aliphatic carbocycles. The van der Waals surface area contributed by atoms with Gasteiger partial charge in [-0.15, -0.1) is 11.3 Å². The zero-order valence-electron chi connectivity index (χ0n) is 11.1. The number of hydrogen-bond donors (Lipinski definition) is 1. The molecule has 0 amide bonds. The summed E-state index contributed by atoms with van der Waals surface area (Å²) < 4.78 is 26.0. The molecular weight excluding hydrogens is 266 g/mol. The van der Waals surface area contributed by atoms with Crippen molar-refractivity contribution < 1.29 is 13.9 Å². The third-order valence-corrected chi connectivity index (χ3v) is 4.46. The van der Waals surface area contributed by atoms with E-state index in [1.165, 1.54) is 17.4 Å². The molecule has 0 aliphatic heterocycles. The molecule has 2 rings (SSSR count). The van der Waals surface area contributed by atoms with Gasteiger partial charge in [0.25, 0.3) is 0 Å². The minimum absolute atomic E-state index is 0.0106. The van der Waals surface area contributed by atoms with E-state index in [9.17, 15) is 13.9 Å². The SMILES string of the molecule is CC(C)(C)c1ccc(C(O)c2ccc(F)c(F)c2)s1. The second kappa shape index (κ2) is 5.02. The molecule has 0 fully saturated rings. The zero-order valence-corrected chi connectivity index (χ0v) is 11.9. The largest absolute Gasteiger partial charge is 0.383 e. The summed E-state index contributed by atoms with van der Waals surface area (Å²) in [5.74, 6) is -1.85. The Labute approximate surface area is 115 Å². The summed E-state index contributed by atoms with van der Waals surface area (Å²) in [5.41, 5.74) is 0.373. The Morgan fingerprint density at radius 2 is 1.74 bits per heavy atom. The van der Waals surface area contributed by atoms with Gasteiger partial charge < -0.3 is 5.11 Å². The molecule has 19 heavy (non-hydrogen) atoms. The molecule has 1 nitrogen and oxygen atoms in total.